The second-order valence-electron chi connectivity index (χ2n) is 1.28. The molecule has 0 aliphatic heterocycles. The summed E-state index contributed by atoms with van der Waals surface area (Å²) in [6, 6.07) is 0. The Labute approximate surface area is 49.2 Å². The summed E-state index contributed by atoms with van der Waals surface area (Å²) in [7, 11) is 0.0409. The first kappa shape index (κ1) is 4.99. The van der Waals surface area contributed by atoms with Crippen molar-refractivity contribution in [2.24, 2.45) is 0 Å². The van der Waals surface area contributed by atoms with Crippen LogP contribution < -0.4 is 4.63 Å². The molecule has 0 N–H and O–H groups in total. The van der Waals surface area contributed by atoms with Gasteiger partial charge in [-0.3, -0.25) is 4.98 Å². The molecule has 1 heterocycles. The summed E-state index contributed by atoms with van der Waals surface area (Å²) < 4.78 is 1.36. The van der Waals surface area contributed by atoms with E-state index in [1.165, 1.54) is 4.63 Å². The van der Waals surface area contributed by atoms with Crippen molar-refractivity contribution >= 4 is 25.5 Å². The van der Waals surface area contributed by atoms with Crippen LogP contribution in [0.25, 0.3) is 0 Å². The quantitative estimate of drug-likeness (QED) is 0.486. The van der Waals surface area contributed by atoms with E-state index in [1.807, 2.05) is 11.6 Å². The fraction of sp³-hybridized carbons (Fsp3) is 0.250. The van der Waals surface area contributed by atoms with Crippen molar-refractivity contribution in [3.05, 3.63) is 11.6 Å². The summed E-state index contributed by atoms with van der Waals surface area (Å²) in [5, 5.41) is 2.03. The number of hydrogen-bond donors (Lipinski definition) is 0. The number of rotatable bonds is 1. The van der Waals surface area contributed by atoms with Gasteiger partial charge in [0.25, 0.3) is 0 Å². The van der Waals surface area contributed by atoms with Crippen molar-refractivity contribution < 1.29 is 0 Å². The monoisotopic (exact) mass is 129 g/mol. The molecule has 0 amide bonds. The summed E-state index contributed by atoms with van der Waals surface area (Å²) >= 11 is 1.77. The van der Waals surface area contributed by atoms with E-state index in [0.29, 0.717) is 0 Å². The number of aromatic nitrogens is 1. The fourth-order valence-corrected chi connectivity index (χ4v) is 2.07. The molecule has 1 aromatic rings. The van der Waals surface area contributed by atoms with Crippen LogP contribution in [0.4, 0.5) is 0 Å². The van der Waals surface area contributed by atoms with E-state index in [4.69, 9.17) is 0 Å². The minimum Gasteiger partial charge on any atom is -0.256 e. The Morgan fingerprint density at radius 3 is 3.00 bits per heavy atom. The van der Waals surface area contributed by atoms with E-state index in [0.717, 1.165) is 0 Å². The van der Waals surface area contributed by atoms with Gasteiger partial charge >= 0.3 is 0 Å². The van der Waals surface area contributed by atoms with Gasteiger partial charge in [-0.1, -0.05) is 6.55 Å². The molecule has 0 fully saturated rings. The first-order valence-corrected chi connectivity index (χ1v) is 5.32. The Bertz CT molecular complexity index is 126. The molecule has 0 aliphatic rings. The van der Waals surface area contributed by atoms with Crippen LogP contribution in [0.5, 0.6) is 0 Å². The Kier molecular flexibility index (Phi) is 1.59. The summed E-state index contributed by atoms with van der Waals surface area (Å²) in [4.78, 5) is 4.11. The van der Waals surface area contributed by atoms with Gasteiger partial charge in [0.05, 0.1) is 14.2 Å². The molecule has 38 valence electrons. The summed E-state index contributed by atoms with van der Waals surface area (Å²) in [5.74, 6) is 0. The smallest absolute Gasteiger partial charge is 0.0885 e. The van der Waals surface area contributed by atoms with Crippen molar-refractivity contribution in [2.45, 2.75) is 6.55 Å². The molecule has 0 spiro atoms. The van der Waals surface area contributed by atoms with Crippen LogP contribution in [0.1, 0.15) is 0 Å². The topological polar surface area (TPSA) is 12.9 Å². The van der Waals surface area contributed by atoms with Crippen molar-refractivity contribution in [3.63, 3.8) is 0 Å². The summed E-state index contributed by atoms with van der Waals surface area (Å²) in [6.45, 7) is 2.25. The lowest BCUT2D eigenvalue weighted by molar-refractivity contribution is 1.47. The lowest BCUT2D eigenvalue weighted by Gasteiger charge is -1.76. The Morgan fingerprint density at radius 2 is 2.71 bits per heavy atom. The Hall–Kier alpha value is -0.153. The largest absolute Gasteiger partial charge is 0.256 e. The molecule has 0 atom stereocenters. The molecule has 1 nitrogen and oxygen atoms in total. The van der Waals surface area contributed by atoms with Crippen LogP contribution in [0, 0.1) is 0 Å². The van der Waals surface area contributed by atoms with E-state index >= 15 is 0 Å². The third-order valence-corrected chi connectivity index (χ3v) is 3.57. The highest BCUT2D eigenvalue weighted by atomic mass is 32.1. The van der Waals surface area contributed by atoms with Gasteiger partial charge in [0.2, 0.25) is 0 Å². The highest BCUT2D eigenvalue weighted by Crippen LogP contribution is 1.84. The standard InChI is InChI=1S/C4H7NSSi/c1-7-4-5-2-3-6-4/h2-3H,7H2,1H3. The average molecular weight is 129 g/mol. The fourth-order valence-electron chi connectivity index (χ4n) is 0.428. The maximum Gasteiger partial charge on any atom is 0.0885 e. The number of thiazole rings is 1. The second kappa shape index (κ2) is 2.23. The lowest BCUT2D eigenvalue weighted by Crippen LogP contribution is -2.06. The van der Waals surface area contributed by atoms with Gasteiger partial charge in [-0.2, -0.15) is 0 Å². The van der Waals surface area contributed by atoms with Crippen molar-refractivity contribution in [2.75, 3.05) is 0 Å². The molecule has 7 heavy (non-hydrogen) atoms. The van der Waals surface area contributed by atoms with Gasteiger partial charge < -0.3 is 0 Å². The molecular formula is C4H7NSSi. The van der Waals surface area contributed by atoms with Gasteiger partial charge in [0.1, 0.15) is 0 Å². The number of hydrogen-bond acceptors (Lipinski definition) is 2. The molecule has 0 aromatic carbocycles. The van der Waals surface area contributed by atoms with E-state index in [2.05, 4.69) is 11.5 Å². The molecule has 0 radical (unpaired) electrons. The SMILES string of the molecule is C[SiH2]c1nccs1. The molecule has 3 heteroatoms. The maximum absolute atomic E-state index is 4.11. The second-order valence-corrected chi connectivity index (χ2v) is 4.15. The van der Waals surface area contributed by atoms with Gasteiger partial charge in [0, 0.05) is 11.6 Å². The van der Waals surface area contributed by atoms with Crippen LogP contribution in [-0.4, -0.2) is 14.5 Å². The molecule has 1 rings (SSSR count). The molecular weight excluding hydrogens is 122 g/mol. The summed E-state index contributed by atoms with van der Waals surface area (Å²) in [5.41, 5.74) is 0. The Morgan fingerprint density at radius 1 is 1.86 bits per heavy atom. The maximum atomic E-state index is 4.11. The third kappa shape index (κ3) is 1.11. The summed E-state index contributed by atoms with van der Waals surface area (Å²) in [6.07, 6.45) is 1.87. The zero-order valence-electron chi connectivity index (χ0n) is 4.22. The molecule has 0 saturated heterocycles. The van der Waals surface area contributed by atoms with Gasteiger partial charge in [-0.05, 0) is 0 Å². The average Bonchev–Trinajstić information content (AvgIpc) is 2.14. The van der Waals surface area contributed by atoms with Gasteiger partial charge in [-0.25, -0.2) is 0 Å². The Balaban J connectivity index is 2.76. The molecule has 1 aromatic heterocycles. The van der Waals surface area contributed by atoms with Gasteiger partial charge in [0.15, 0.2) is 0 Å². The van der Waals surface area contributed by atoms with Gasteiger partial charge in [-0.15, -0.1) is 11.3 Å². The van der Waals surface area contributed by atoms with Crippen LogP contribution >= 0.6 is 11.3 Å². The van der Waals surface area contributed by atoms with Crippen molar-refractivity contribution in [1.29, 1.82) is 0 Å². The van der Waals surface area contributed by atoms with Crippen LogP contribution in [0.15, 0.2) is 11.6 Å². The molecule has 0 aliphatic carbocycles. The highest BCUT2D eigenvalue weighted by Gasteiger charge is 1.85. The zero-order chi connectivity index (χ0) is 5.11. The van der Waals surface area contributed by atoms with E-state index in [9.17, 15) is 0 Å². The highest BCUT2D eigenvalue weighted by molar-refractivity contribution is 7.19. The lowest BCUT2D eigenvalue weighted by atomic mass is 11.0. The minimum atomic E-state index is 0.0409. The van der Waals surface area contributed by atoms with E-state index in [1.54, 1.807) is 11.3 Å². The van der Waals surface area contributed by atoms with E-state index in [-0.39, 0.29) is 9.52 Å². The van der Waals surface area contributed by atoms with E-state index < -0.39 is 0 Å². The predicted molar refractivity (Wildman–Crippen MR) is 36.2 cm³/mol. The minimum absolute atomic E-state index is 0.0409. The predicted octanol–water partition coefficient (Wildman–Crippen LogP) is -0.0147. The molecule has 0 unspecified atom stereocenters. The zero-order valence-corrected chi connectivity index (χ0v) is 6.45. The van der Waals surface area contributed by atoms with Crippen molar-refractivity contribution in [1.82, 2.24) is 4.98 Å². The first-order valence-electron chi connectivity index (χ1n) is 2.32. The van der Waals surface area contributed by atoms with Crippen molar-refractivity contribution in [3.8, 4) is 0 Å². The third-order valence-electron chi connectivity index (χ3n) is 0.786. The normalized spacial score (nSPS) is 11.0. The van der Waals surface area contributed by atoms with Crippen LogP contribution in [-0.2, 0) is 0 Å². The number of nitrogens with zero attached hydrogens (tertiary/aromatic N) is 1. The molecule has 0 saturated carbocycles. The molecule has 0 bridgehead atoms. The van der Waals surface area contributed by atoms with Crippen LogP contribution in [0.3, 0.4) is 0 Å². The first-order chi connectivity index (χ1) is 3.43. The van der Waals surface area contributed by atoms with Crippen LogP contribution in [0.2, 0.25) is 6.55 Å².